The standard InChI is InChI=1S/C30H40N6O8/c1-8-20(3)33-43-27(37)31-23-12-10-14-25(18-23)35(6)29(39)41-17-16-22(5)42-30(40)36(7)26-15-11-13-24(19-26)32-28(38)44-34-21(4)9-2/h10-15,18-19,22H,8-9,16-17H2,1-7H3,(H,31,37)(H,32,38). The summed E-state index contributed by atoms with van der Waals surface area (Å²) >= 11 is 0. The Morgan fingerprint density at radius 3 is 1.68 bits per heavy atom. The molecule has 2 aromatic rings. The summed E-state index contributed by atoms with van der Waals surface area (Å²) in [6.45, 7) is 8.92. The lowest BCUT2D eigenvalue weighted by atomic mass is 10.2. The molecule has 238 valence electrons. The molecule has 14 heteroatoms. The maximum absolute atomic E-state index is 12.7. The highest BCUT2D eigenvalue weighted by Crippen LogP contribution is 2.21. The molecule has 1 unspecified atom stereocenters. The van der Waals surface area contributed by atoms with Crippen LogP contribution >= 0.6 is 0 Å². The average Bonchev–Trinajstić information content (AvgIpc) is 3.01. The second-order valence-electron chi connectivity index (χ2n) is 9.68. The predicted molar refractivity (Wildman–Crippen MR) is 169 cm³/mol. The number of benzene rings is 2. The van der Waals surface area contributed by atoms with Gasteiger partial charge in [0, 0.05) is 43.3 Å². The van der Waals surface area contributed by atoms with Gasteiger partial charge in [0.1, 0.15) is 6.10 Å². The van der Waals surface area contributed by atoms with E-state index in [1.54, 1.807) is 69.3 Å². The normalized spacial score (nSPS) is 12.0. The van der Waals surface area contributed by atoms with E-state index < -0.39 is 30.5 Å². The van der Waals surface area contributed by atoms with Gasteiger partial charge in [0.2, 0.25) is 0 Å². The lowest BCUT2D eigenvalue weighted by molar-refractivity contribution is 0.0889. The molecule has 4 amide bonds. The molecule has 0 fully saturated rings. The molecular weight excluding hydrogens is 572 g/mol. The van der Waals surface area contributed by atoms with E-state index in [0.29, 0.717) is 47.0 Å². The van der Waals surface area contributed by atoms with Crippen molar-refractivity contribution in [1.82, 2.24) is 0 Å². The van der Waals surface area contributed by atoms with Crippen LogP contribution in [0.25, 0.3) is 0 Å². The van der Waals surface area contributed by atoms with Crippen LogP contribution in [0.3, 0.4) is 0 Å². The molecule has 0 bridgehead atoms. The number of nitrogens with one attached hydrogen (secondary N) is 2. The molecule has 0 heterocycles. The van der Waals surface area contributed by atoms with Gasteiger partial charge in [-0.15, -0.1) is 0 Å². The summed E-state index contributed by atoms with van der Waals surface area (Å²) in [5.41, 5.74) is 3.07. The number of rotatable bonds is 12. The second kappa shape index (κ2) is 17.7. The van der Waals surface area contributed by atoms with Gasteiger partial charge >= 0.3 is 24.4 Å². The molecule has 2 aromatic carbocycles. The molecular formula is C30H40N6O8. The second-order valence-corrected chi connectivity index (χ2v) is 9.68. The molecule has 0 aliphatic rings. The molecule has 0 aliphatic carbocycles. The number of oxime groups is 2. The van der Waals surface area contributed by atoms with E-state index in [9.17, 15) is 19.2 Å². The van der Waals surface area contributed by atoms with Crippen LogP contribution < -0.4 is 20.4 Å². The van der Waals surface area contributed by atoms with Crippen LogP contribution in [-0.4, -0.2) is 62.6 Å². The smallest absolute Gasteiger partial charge is 0.437 e. The summed E-state index contributed by atoms with van der Waals surface area (Å²) in [4.78, 5) is 61.3. The molecule has 0 radical (unpaired) electrons. The van der Waals surface area contributed by atoms with Crippen molar-refractivity contribution in [2.24, 2.45) is 10.3 Å². The van der Waals surface area contributed by atoms with Crippen LogP contribution in [0.4, 0.5) is 41.9 Å². The highest BCUT2D eigenvalue weighted by Gasteiger charge is 2.19. The summed E-state index contributed by atoms with van der Waals surface area (Å²) < 4.78 is 10.8. The number of amides is 4. The minimum Gasteiger partial charge on any atom is -0.449 e. The van der Waals surface area contributed by atoms with E-state index in [2.05, 4.69) is 20.9 Å². The summed E-state index contributed by atoms with van der Waals surface area (Å²) in [5, 5.41) is 12.5. The summed E-state index contributed by atoms with van der Waals surface area (Å²) in [7, 11) is 3.05. The van der Waals surface area contributed by atoms with Crippen LogP contribution in [0.5, 0.6) is 0 Å². The quantitative estimate of drug-likeness (QED) is 0.147. The first-order valence-electron chi connectivity index (χ1n) is 14.0. The van der Waals surface area contributed by atoms with Crippen molar-refractivity contribution >= 4 is 58.5 Å². The molecule has 14 nitrogen and oxygen atoms in total. The zero-order valence-electron chi connectivity index (χ0n) is 26.1. The zero-order chi connectivity index (χ0) is 32.6. The SMILES string of the molecule is CCC(C)=NOC(=O)Nc1cccc(N(C)C(=O)OCCC(C)OC(=O)N(C)c2cccc(NC(=O)ON=C(C)CC)c2)c1. The van der Waals surface area contributed by atoms with Gasteiger partial charge in [-0.1, -0.05) is 36.3 Å². The van der Waals surface area contributed by atoms with E-state index in [4.69, 9.17) is 19.1 Å². The van der Waals surface area contributed by atoms with E-state index in [0.717, 1.165) is 0 Å². The van der Waals surface area contributed by atoms with Crippen molar-refractivity contribution in [1.29, 1.82) is 0 Å². The Kier molecular flexibility index (Phi) is 14.1. The lowest BCUT2D eigenvalue weighted by Crippen LogP contribution is -2.31. The largest absolute Gasteiger partial charge is 0.449 e. The average molecular weight is 613 g/mol. The van der Waals surface area contributed by atoms with Crippen LogP contribution in [0.1, 0.15) is 53.9 Å². The number of carbonyl (C=O) groups excluding carboxylic acids is 4. The maximum Gasteiger partial charge on any atom is 0.437 e. The summed E-state index contributed by atoms with van der Waals surface area (Å²) in [5.74, 6) is 0. The number of anilines is 4. The Labute approximate surface area is 256 Å². The van der Waals surface area contributed by atoms with E-state index in [-0.39, 0.29) is 13.0 Å². The Morgan fingerprint density at radius 2 is 1.23 bits per heavy atom. The molecule has 1 atom stereocenters. The third-order valence-corrected chi connectivity index (χ3v) is 6.15. The molecule has 0 aromatic heterocycles. The third kappa shape index (κ3) is 12.0. The van der Waals surface area contributed by atoms with Gasteiger partial charge < -0.3 is 9.47 Å². The molecule has 0 saturated heterocycles. The molecule has 0 spiro atoms. The number of carbonyl (C=O) groups is 4. The van der Waals surface area contributed by atoms with E-state index in [1.807, 2.05) is 13.8 Å². The topological polar surface area (TPSA) is 160 Å². The van der Waals surface area contributed by atoms with Gasteiger partial charge in [-0.05, 0) is 70.0 Å². The van der Waals surface area contributed by atoms with Crippen molar-refractivity contribution in [3.63, 3.8) is 0 Å². The van der Waals surface area contributed by atoms with E-state index >= 15 is 0 Å². The fourth-order valence-corrected chi connectivity index (χ4v) is 3.16. The third-order valence-electron chi connectivity index (χ3n) is 6.15. The van der Waals surface area contributed by atoms with Crippen LogP contribution in [0.15, 0.2) is 58.8 Å². The first kappa shape index (κ1) is 35.1. The van der Waals surface area contributed by atoms with Crippen LogP contribution in [0, 0.1) is 0 Å². The minimum atomic E-state index is -0.758. The Bertz CT molecular complexity index is 1360. The van der Waals surface area contributed by atoms with Crippen LogP contribution in [-0.2, 0) is 19.1 Å². The molecule has 2 rings (SSSR count). The van der Waals surface area contributed by atoms with Gasteiger partial charge in [-0.25, -0.2) is 19.2 Å². The van der Waals surface area contributed by atoms with Crippen molar-refractivity contribution < 1.29 is 38.3 Å². The highest BCUT2D eigenvalue weighted by atomic mass is 16.7. The van der Waals surface area contributed by atoms with Gasteiger partial charge in [-0.2, -0.15) is 0 Å². The molecule has 44 heavy (non-hydrogen) atoms. The van der Waals surface area contributed by atoms with Gasteiger partial charge in [0.25, 0.3) is 0 Å². The molecule has 0 saturated carbocycles. The number of ether oxygens (including phenoxy) is 2. The van der Waals surface area contributed by atoms with Gasteiger partial charge in [0.15, 0.2) is 0 Å². The molecule has 2 N–H and O–H groups in total. The van der Waals surface area contributed by atoms with Crippen molar-refractivity contribution in [3.8, 4) is 0 Å². The van der Waals surface area contributed by atoms with Crippen molar-refractivity contribution in [2.75, 3.05) is 41.1 Å². The van der Waals surface area contributed by atoms with E-state index in [1.165, 1.54) is 23.9 Å². The fraction of sp³-hybridized carbons (Fsp3) is 0.400. The van der Waals surface area contributed by atoms with Gasteiger partial charge in [-0.3, -0.25) is 30.1 Å². The summed E-state index contributed by atoms with van der Waals surface area (Å²) in [6.07, 6.45) is -1.82. The van der Waals surface area contributed by atoms with Crippen molar-refractivity contribution in [2.45, 2.75) is 60.0 Å². The first-order valence-corrected chi connectivity index (χ1v) is 14.0. The van der Waals surface area contributed by atoms with Gasteiger partial charge in [0.05, 0.1) is 18.0 Å². The highest BCUT2D eigenvalue weighted by molar-refractivity contribution is 5.91. The van der Waals surface area contributed by atoms with Crippen LogP contribution in [0.2, 0.25) is 0 Å². The Balaban J connectivity index is 1.83. The minimum absolute atomic E-state index is 0.0120. The Hall–Kier alpha value is -5.14. The zero-order valence-corrected chi connectivity index (χ0v) is 26.1. The maximum atomic E-state index is 12.7. The first-order chi connectivity index (χ1) is 20.9. The number of nitrogens with zero attached hydrogens (tertiary/aromatic N) is 4. The monoisotopic (exact) mass is 612 g/mol. The lowest BCUT2D eigenvalue weighted by Gasteiger charge is -2.22. The number of hydrogen-bond acceptors (Lipinski definition) is 10. The summed E-state index contributed by atoms with van der Waals surface area (Å²) in [6, 6.07) is 13.1. The predicted octanol–water partition coefficient (Wildman–Crippen LogP) is 6.98. The fourth-order valence-electron chi connectivity index (χ4n) is 3.16. The van der Waals surface area contributed by atoms with Crippen molar-refractivity contribution in [3.05, 3.63) is 48.5 Å². The Morgan fingerprint density at radius 1 is 0.773 bits per heavy atom. The number of hydrogen-bond donors (Lipinski definition) is 2. The molecule has 0 aliphatic heterocycles.